The maximum Gasteiger partial charge on any atom is 0.428 e. The lowest BCUT2D eigenvalue weighted by Crippen LogP contribution is -2.42. The lowest BCUT2D eigenvalue weighted by Gasteiger charge is -2.28. The summed E-state index contributed by atoms with van der Waals surface area (Å²) in [6.07, 6.45) is -1.22. The van der Waals surface area contributed by atoms with Crippen LogP contribution in [-0.4, -0.2) is 22.1 Å². The van der Waals surface area contributed by atoms with Crippen molar-refractivity contribution in [3.63, 3.8) is 0 Å². The van der Waals surface area contributed by atoms with Crippen LogP contribution in [0.2, 0.25) is 15.3 Å². The third kappa shape index (κ3) is 4.69. The quantitative estimate of drug-likeness (QED) is 0.386. The van der Waals surface area contributed by atoms with E-state index in [4.69, 9.17) is 39.6 Å². The lowest BCUT2D eigenvalue weighted by molar-refractivity contribution is -0.269. The summed E-state index contributed by atoms with van der Waals surface area (Å²) in [5.41, 5.74) is 0.865. The molecule has 1 unspecified atom stereocenters. The smallest absolute Gasteiger partial charge is 0.319 e. The molecule has 4 rings (SSSR count). The number of hydroxylamine groups is 1. The molecule has 0 spiro atoms. The molecule has 1 amide bonds. The number of alkyl halides is 3. The van der Waals surface area contributed by atoms with E-state index in [1.54, 1.807) is 13.0 Å². The number of anilines is 1. The van der Waals surface area contributed by atoms with Gasteiger partial charge >= 0.3 is 6.18 Å². The van der Waals surface area contributed by atoms with Crippen LogP contribution in [0.25, 0.3) is 5.70 Å². The molecule has 0 aliphatic carbocycles. The Balaban J connectivity index is 1.66. The molecule has 1 atom stereocenters. The van der Waals surface area contributed by atoms with E-state index in [2.05, 4.69) is 20.8 Å². The topological polar surface area (TPSA) is 76.1 Å². The van der Waals surface area contributed by atoms with Crippen LogP contribution in [0.4, 0.5) is 18.9 Å². The van der Waals surface area contributed by atoms with E-state index in [-0.39, 0.29) is 26.6 Å². The second kappa shape index (κ2) is 9.07. The van der Waals surface area contributed by atoms with Gasteiger partial charge in [-0.15, -0.1) is 0 Å². The second-order valence-electron chi connectivity index (χ2n) is 7.38. The molecule has 6 nitrogen and oxygen atoms in total. The third-order valence-corrected chi connectivity index (χ3v) is 5.67. The van der Waals surface area contributed by atoms with Crippen LogP contribution in [0.1, 0.15) is 27.0 Å². The van der Waals surface area contributed by atoms with Crippen LogP contribution >= 0.6 is 34.8 Å². The fourth-order valence-electron chi connectivity index (χ4n) is 3.42. The largest absolute Gasteiger partial charge is 0.428 e. The van der Waals surface area contributed by atoms with Gasteiger partial charge in [0.25, 0.3) is 5.91 Å². The predicted molar refractivity (Wildman–Crippen MR) is 123 cm³/mol. The van der Waals surface area contributed by atoms with E-state index < -0.39 is 17.7 Å². The second-order valence-corrected chi connectivity index (χ2v) is 8.59. The predicted octanol–water partition coefficient (Wildman–Crippen LogP) is 6.33. The molecule has 1 aromatic heterocycles. The number of nitrogens with one attached hydrogen (secondary N) is 2. The first-order chi connectivity index (χ1) is 16.0. The first-order valence-corrected chi connectivity index (χ1v) is 10.7. The van der Waals surface area contributed by atoms with Crippen LogP contribution in [-0.2, 0) is 10.4 Å². The zero-order chi connectivity index (χ0) is 24.7. The summed E-state index contributed by atoms with van der Waals surface area (Å²) in [6, 6.07) is 8.16. The summed E-state index contributed by atoms with van der Waals surface area (Å²) >= 11 is 17.5. The van der Waals surface area contributed by atoms with E-state index in [1.807, 2.05) is 0 Å². The van der Waals surface area contributed by atoms with Gasteiger partial charge in [-0.3, -0.25) is 15.1 Å². The number of carbonyl (C=O) groups is 1. The van der Waals surface area contributed by atoms with Gasteiger partial charge in [0.15, 0.2) is 0 Å². The van der Waals surface area contributed by atoms with Gasteiger partial charge < -0.3 is 5.32 Å². The molecule has 1 aliphatic heterocycles. The van der Waals surface area contributed by atoms with Crippen LogP contribution in [0.5, 0.6) is 0 Å². The lowest BCUT2D eigenvalue weighted by atomic mass is 9.91. The Morgan fingerprint density at radius 3 is 2.29 bits per heavy atom. The van der Waals surface area contributed by atoms with Crippen molar-refractivity contribution in [2.24, 2.45) is 0 Å². The van der Waals surface area contributed by atoms with E-state index in [0.717, 1.165) is 18.2 Å². The Bertz CT molecular complexity index is 1280. The number of carbonyl (C=O) groups excluding carboxylic acids is 1. The van der Waals surface area contributed by atoms with Crippen LogP contribution in [0.15, 0.2) is 54.9 Å². The number of aromatic nitrogens is 2. The number of aryl methyl sites for hydroxylation is 1. The Labute approximate surface area is 206 Å². The van der Waals surface area contributed by atoms with Crippen molar-refractivity contribution >= 4 is 52.1 Å². The molecule has 2 N–H and O–H groups in total. The number of benzene rings is 2. The number of nitrogens with zero attached hydrogens (tertiary/aromatic N) is 2. The number of rotatable bonds is 4. The minimum atomic E-state index is -4.83. The molecular formula is C22H14Cl3F3N4O2. The molecule has 12 heteroatoms. The monoisotopic (exact) mass is 528 g/mol. The molecule has 0 fully saturated rings. The highest BCUT2D eigenvalue weighted by Gasteiger charge is 2.59. The van der Waals surface area contributed by atoms with Crippen molar-refractivity contribution in [2.45, 2.75) is 18.7 Å². The highest BCUT2D eigenvalue weighted by molar-refractivity contribution is 6.34. The molecule has 34 heavy (non-hydrogen) atoms. The SMILES string of the molecule is Cc1cc(C2=CC(c3cc(Cl)cc(Cl)c3)(C(F)(F)F)ON2)ccc1C(=O)Nc1cnc(Cl)nc1. The van der Waals surface area contributed by atoms with Crippen molar-refractivity contribution < 1.29 is 22.8 Å². The van der Waals surface area contributed by atoms with Crippen molar-refractivity contribution in [3.05, 3.63) is 92.5 Å². The molecule has 2 aromatic carbocycles. The highest BCUT2D eigenvalue weighted by Crippen LogP contribution is 2.48. The van der Waals surface area contributed by atoms with Gasteiger partial charge in [-0.25, -0.2) is 9.97 Å². The zero-order valence-corrected chi connectivity index (χ0v) is 19.4. The number of amides is 1. The number of hydrogen-bond acceptors (Lipinski definition) is 5. The van der Waals surface area contributed by atoms with Crippen LogP contribution < -0.4 is 10.8 Å². The highest BCUT2D eigenvalue weighted by atomic mass is 35.5. The van der Waals surface area contributed by atoms with E-state index in [9.17, 15) is 18.0 Å². The first kappa shape index (κ1) is 24.3. The minimum Gasteiger partial charge on any atom is -0.319 e. The van der Waals surface area contributed by atoms with E-state index in [1.165, 1.54) is 30.6 Å². The summed E-state index contributed by atoms with van der Waals surface area (Å²) in [4.78, 5) is 25.3. The average Bonchev–Trinajstić information content (AvgIpc) is 3.22. The fraction of sp³-hybridized carbons (Fsp3) is 0.136. The van der Waals surface area contributed by atoms with E-state index in [0.29, 0.717) is 22.4 Å². The normalized spacial score (nSPS) is 17.8. The van der Waals surface area contributed by atoms with Crippen molar-refractivity contribution in [3.8, 4) is 0 Å². The summed E-state index contributed by atoms with van der Waals surface area (Å²) in [5, 5.41) is 2.74. The molecule has 2 heterocycles. The number of halogens is 6. The molecule has 176 valence electrons. The van der Waals surface area contributed by atoms with Gasteiger partial charge in [0.05, 0.1) is 23.8 Å². The van der Waals surface area contributed by atoms with Gasteiger partial charge in [-0.2, -0.15) is 13.2 Å². The third-order valence-electron chi connectivity index (χ3n) is 5.04. The first-order valence-electron chi connectivity index (χ1n) is 9.58. The number of hydrogen-bond donors (Lipinski definition) is 2. The van der Waals surface area contributed by atoms with Gasteiger partial charge in [0, 0.05) is 21.2 Å². The average molecular weight is 530 g/mol. The summed E-state index contributed by atoms with van der Waals surface area (Å²) in [7, 11) is 0. The summed E-state index contributed by atoms with van der Waals surface area (Å²) in [5.74, 6) is -0.446. The molecular weight excluding hydrogens is 516 g/mol. The molecule has 0 saturated heterocycles. The van der Waals surface area contributed by atoms with Gasteiger partial charge in [0.1, 0.15) is 0 Å². The maximum absolute atomic E-state index is 14.2. The van der Waals surface area contributed by atoms with Gasteiger partial charge in [0.2, 0.25) is 10.9 Å². The van der Waals surface area contributed by atoms with Crippen LogP contribution in [0, 0.1) is 6.92 Å². The Hall–Kier alpha value is -2.85. The molecule has 0 saturated carbocycles. The molecule has 0 radical (unpaired) electrons. The minimum absolute atomic E-state index is 0.0352. The van der Waals surface area contributed by atoms with Gasteiger partial charge in [-0.05, 0) is 66.1 Å². The molecule has 0 bridgehead atoms. The Morgan fingerprint density at radius 1 is 1.06 bits per heavy atom. The van der Waals surface area contributed by atoms with Crippen molar-refractivity contribution in [2.75, 3.05) is 5.32 Å². The zero-order valence-electron chi connectivity index (χ0n) is 17.2. The standard InChI is InChI=1S/C22H14Cl3F3N4O2/c1-11-4-12(2-3-17(11)19(33)31-16-9-29-20(25)30-10-16)18-8-21(34-32-18,22(26,27)28)13-5-14(23)7-15(24)6-13/h2-10,32H,1H3,(H,31,33). The molecule has 3 aromatic rings. The van der Waals surface area contributed by atoms with Crippen LogP contribution in [0.3, 0.4) is 0 Å². The summed E-state index contributed by atoms with van der Waals surface area (Å²) in [6.45, 7) is 1.65. The maximum atomic E-state index is 14.2. The van der Waals surface area contributed by atoms with Crippen molar-refractivity contribution in [1.29, 1.82) is 0 Å². The fourth-order valence-corrected chi connectivity index (χ4v) is 4.04. The van der Waals surface area contributed by atoms with Gasteiger partial charge in [-0.1, -0.05) is 29.3 Å². The molecule has 1 aliphatic rings. The van der Waals surface area contributed by atoms with E-state index >= 15 is 0 Å². The van der Waals surface area contributed by atoms with Crippen molar-refractivity contribution in [1.82, 2.24) is 15.4 Å². The summed E-state index contributed by atoms with van der Waals surface area (Å²) < 4.78 is 42.5. The Morgan fingerprint density at radius 2 is 1.71 bits per heavy atom. The Kier molecular flexibility index (Phi) is 6.48.